The van der Waals surface area contributed by atoms with E-state index in [2.05, 4.69) is 15.0 Å². The molecule has 0 fully saturated rings. The molecule has 0 unspecified atom stereocenters. The summed E-state index contributed by atoms with van der Waals surface area (Å²) in [5.41, 5.74) is 5.20. The van der Waals surface area contributed by atoms with Gasteiger partial charge in [0, 0.05) is 19.6 Å². The maximum atomic E-state index is 11.0. The molecule has 0 aromatic carbocycles. The van der Waals surface area contributed by atoms with Crippen molar-refractivity contribution in [2.75, 3.05) is 36.0 Å². The van der Waals surface area contributed by atoms with Crippen LogP contribution in [0.25, 0.3) is 0 Å². The summed E-state index contributed by atoms with van der Waals surface area (Å²) >= 11 is 5.91. The minimum Gasteiger partial charge on any atom is -0.368 e. The van der Waals surface area contributed by atoms with E-state index in [-0.39, 0.29) is 11.8 Å². The van der Waals surface area contributed by atoms with E-state index >= 15 is 0 Å². The van der Waals surface area contributed by atoms with E-state index in [1.165, 1.54) is 0 Å². The Morgan fingerprint density at radius 3 is 1.95 bits per heavy atom. The molecule has 1 heterocycles. The molecule has 19 heavy (non-hydrogen) atoms. The molecule has 8 heteroatoms. The van der Waals surface area contributed by atoms with Crippen molar-refractivity contribution < 1.29 is 4.79 Å². The zero-order valence-electron chi connectivity index (χ0n) is 11.4. The highest BCUT2D eigenvalue weighted by Gasteiger charge is 2.15. The van der Waals surface area contributed by atoms with Gasteiger partial charge in [-0.3, -0.25) is 4.79 Å². The summed E-state index contributed by atoms with van der Waals surface area (Å²) in [6.45, 7) is 8.02. The molecule has 0 saturated carbocycles. The van der Waals surface area contributed by atoms with Crippen molar-refractivity contribution in [3.63, 3.8) is 0 Å². The van der Waals surface area contributed by atoms with Gasteiger partial charge in [0.1, 0.15) is 0 Å². The summed E-state index contributed by atoms with van der Waals surface area (Å²) in [6, 6.07) is 0. The normalized spacial score (nSPS) is 10.3. The second-order valence-electron chi connectivity index (χ2n) is 3.86. The van der Waals surface area contributed by atoms with Crippen LogP contribution >= 0.6 is 11.6 Å². The Morgan fingerprint density at radius 2 is 1.53 bits per heavy atom. The van der Waals surface area contributed by atoms with Crippen molar-refractivity contribution in [3.8, 4) is 0 Å². The van der Waals surface area contributed by atoms with Gasteiger partial charge in [-0.2, -0.15) is 15.0 Å². The average molecular weight is 287 g/mol. The van der Waals surface area contributed by atoms with Gasteiger partial charge in [0.25, 0.3) is 0 Å². The SMILES string of the molecule is CCN(CC)c1nc(Cl)nc(N(CC)CC(N)=O)n1. The third kappa shape index (κ3) is 4.20. The number of likely N-dealkylation sites (N-methyl/N-ethyl adjacent to an activating group) is 1. The highest BCUT2D eigenvalue weighted by Crippen LogP contribution is 2.16. The Bertz CT molecular complexity index is 437. The van der Waals surface area contributed by atoms with Gasteiger partial charge in [-0.15, -0.1) is 0 Å². The van der Waals surface area contributed by atoms with Crippen LogP contribution in [0, 0.1) is 0 Å². The molecule has 0 saturated heterocycles. The number of hydrogen-bond donors (Lipinski definition) is 1. The zero-order chi connectivity index (χ0) is 14.4. The summed E-state index contributed by atoms with van der Waals surface area (Å²) in [4.78, 5) is 27.1. The van der Waals surface area contributed by atoms with Gasteiger partial charge in [-0.05, 0) is 32.4 Å². The number of hydrogen-bond acceptors (Lipinski definition) is 6. The van der Waals surface area contributed by atoms with Crippen molar-refractivity contribution in [3.05, 3.63) is 5.28 Å². The van der Waals surface area contributed by atoms with E-state index in [0.717, 1.165) is 13.1 Å². The van der Waals surface area contributed by atoms with Crippen LogP contribution in [0.3, 0.4) is 0 Å². The fraction of sp³-hybridized carbons (Fsp3) is 0.636. The van der Waals surface area contributed by atoms with Gasteiger partial charge in [0.05, 0.1) is 6.54 Å². The molecule has 1 rings (SSSR count). The van der Waals surface area contributed by atoms with Gasteiger partial charge < -0.3 is 15.5 Å². The van der Waals surface area contributed by atoms with E-state index in [0.29, 0.717) is 18.4 Å². The Hall–Kier alpha value is -1.63. The predicted molar refractivity (Wildman–Crippen MR) is 75.5 cm³/mol. The molecule has 1 amide bonds. The minimum absolute atomic E-state index is 0.0501. The highest BCUT2D eigenvalue weighted by molar-refractivity contribution is 6.28. The molecule has 1 aromatic heterocycles. The molecule has 0 aliphatic heterocycles. The lowest BCUT2D eigenvalue weighted by molar-refractivity contribution is -0.116. The highest BCUT2D eigenvalue weighted by atomic mass is 35.5. The van der Waals surface area contributed by atoms with Crippen LogP contribution < -0.4 is 15.5 Å². The number of nitrogens with zero attached hydrogens (tertiary/aromatic N) is 5. The first-order chi connectivity index (χ1) is 9.01. The second-order valence-corrected chi connectivity index (χ2v) is 4.20. The lowest BCUT2D eigenvalue weighted by Gasteiger charge is -2.22. The van der Waals surface area contributed by atoms with E-state index in [1.807, 2.05) is 25.7 Å². The largest absolute Gasteiger partial charge is 0.368 e. The van der Waals surface area contributed by atoms with Gasteiger partial charge in [-0.25, -0.2) is 0 Å². The number of carbonyl (C=O) groups excluding carboxylic acids is 1. The molecule has 2 N–H and O–H groups in total. The van der Waals surface area contributed by atoms with Crippen molar-refractivity contribution in [2.24, 2.45) is 5.73 Å². The Labute approximate surface area is 117 Å². The number of rotatable bonds is 7. The van der Waals surface area contributed by atoms with Crippen LogP contribution in [-0.2, 0) is 4.79 Å². The third-order valence-corrected chi connectivity index (χ3v) is 2.81. The quantitative estimate of drug-likeness (QED) is 0.793. The van der Waals surface area contributed by atoms with Crippen molar-refractivity contribution >= 4 is 29.4 Å². The monoisotopic (exact) mass is 286 g/mol. The molecule has 1 aromatic rings. The van der Waals surface area contributed by atoms with Crippen LogP contribution in [-0.4, -0.2) is 47.0 Å². The van der Waals surface area contributed by atoms with Crippen molar-refractivity contribution in [1.29, 1.82) is 0 Å². The molecule has 0 atom stereocenters. The summed E-state index contributed by atoms with van der Waals surface area (Å²) < 4.78 is 0. The van der Waals surface area contributed by atoms with Crippen molar-refractivity contribution in [1.82, 2.24) is 15.0 Å². The number of carbonyl (C=O) groups is 1. The Kier molecular flexibility index (Phi) is 5.75. The summed E-state index contributed by atoms with van der Waals surface area (Å²) in [6.07, 6.45) is 0. The third-order valence-electron chi connectivity index (χ3n) is 2.64. The van der Waals surface area contributed by atoms with Crippen LogP contribution in [0.2, 0.25) is 5.28 Å². The maximum absolute atomic E-state index is 11.0. The van der Waals surface area contributed by atoms with E-state index < -0.39 is 5.91 Å². The molecule has 0 aliphatic carbocycles. The van der Waals surface area contributed by atoms with Gasteiger partial charge in [-0.1, -0.05) is 0 Å². The molecular formula is C11H19ClN6O. The van der Waals surface area contributed by atoms with Crippen LogP contribution in [0.15, 0.2) is 0 Å². The standard InChI is InChI=1S/C11H19ClN6O/c1-4-17(5-2)10-14-9(12)15-11(16-10)18(6-3)7-8(13)19/h4-7H2,1-3H3,(H2,13,19). The average Bonchev–Trinajstić information content (AvgIpc) is 2.36. The molecule has 0 spiro atoms. The fourth-order valence-corrected chi connectivity index (χ4v) is 1.78. The molecule has 0 bridgehead atoms. The molecule has 0 radical (unpaired) electrons. The summed E-state index contributed by atoms with van der Waals surface area (Å²) in [7, 11) is 0. The number of aromatic nitrogens is 3. The molecule has 7 nitrogen and oxygen atoms in total. The maximum Gasteiger partial charge on any atom is 0.237 e. The first-order valence-electron chi connectivity index (χ1n) is 6.21. The number of halogens is 1. The summed E-state index contributed by atoms with van der Waals surface area (Å²) in [5, 5.41) is 0.106. The number of anilines is 2. The van der Waals surface area contributed by atoms with Crippen LogP contribution in [0.4, 0.5) is 11.9 Å². The lowest BCUT2D eigenvalue weighted by Crippen LogP contribution is -2.35. The predicted octanol–water partition coefficient (Wildman–Crippen LogP) is 0.683. The molecule has 0 aliphatic rings. The topological polar surface area (TPSA) is 88.2 Å². The number of primary amides is 1. The molecular weight excluding hydrogens is 268 g/mol. The van der Waals surface area contributed by atoms with Gasteiger partial charge in [0.15, 0.2) is 0 Å². The van der Waals surface area contributed by atoms with E-state index in [1.54, 1.807) is 4.90 Å². The Balaban J connectivity index is 3.10. The molecule has 106 valence electrons. The smallest absolute Gasteiger partial charge is 0.237 e. The Morgan fingerprint density at radius 1 is 1.05 bits per heavy atom. The first-order valence-corrected chi connectivity index (χ1v) is 6.59. The van der Waals surface area contributed by atoms with Gasteiger partial charge in [0.2, 0.25) is 23.1 Å². The van der Waals surface area contributed by atoms with Crippen LogP contribution in [0.5, 0.6) is 0 Å². The zero-order valence-corrected chi connectivity index (χ0v) is 12.2. The van der Waals surface area contributed by atoms with Crippen LogP contribution in [0.1, 0.15) is 20.8 Å². The summed E-state index contributed by atoms with van der Waals surface area (Å²) in [5.74, 6) is 0.425. The lowest BCUT2D eigenvalue weighted by atomic mass is 10.5. The number of nitrogens with two attached hydrogens (primary N) is 1. The second kappa shape index (κ2) is 7.08. The minimum atomic E-state index is -0.442. The first kappa shape index (κ1) is 15.4. The van der Waals surface area contributed by atoms with E-state index in [4.69, 9.17) is 17.3 Å². The van der Waals surface area contributed by atoms with E-state index in [9.17, 15) is 4.79 Å². The van der Waals surface area contributed by atoms with Gasteiger partial charge >= 0.3 is 0 Å². The van der Waals surface area contributed by atoms with Crippen molar-refractivity contribution in [2.45, 2.75) is 20.8 Å². The number of amides is 1. The fourth-order valence-electron chi connectivity index (χ4n) is 1.63.